The predicted octanol–water partition coefficient (Wildman–Crippen LogP) is 5.50. The summed E-state index contributed by atoms with van der Waals surface area (Å²) in [6.07, 6.45) is 10.3. The molecule has 0 radical (unpaired) electrons. The second-order valence-corrected chi connectivity index (χ2v) is 9.30. The van der Waals surface area contributed by atoms with Gasteiger partial charge < -0.3 is 18.9 Å². The van der Waals surface area contributed by atoms with Crippen LogP contribution >= 0.6 is 0 Å². The monoisotopic (exact) mass is 442 g/mol. The molecular weight excluding hydrogens is 408 g/mol. The molecule has 3 rings (SSSR count). The van der Waals surface area contributed by atoms with Crippen molar-refractivity contribution in [3.8, 4) is 0 Å². The van der Waals surface area contributed by atoms with Crippen molar-refractivity contribution in [1.29, 1.82) is 0 Å². The molecule has 6 nitrogen and oxygen atoms in total. The van der Waals surface area contributed by atoms with Gasteiger partial charge in [0.15, 0.2) is 0 Å². The average molecular weight is 443 g/mol. The number of ether oxygens (including phenoxy) is 4. The number of benzene rings is 1. The van der Waals surface area contributed by atoms with Crippen molar-refractivity contribution in [2.75, 3.05) is 0 Å². The third-order valence-corrected chi connectivity index (χ3v) is 5.27. The quantitative estimate of drug-likeness (QED) is 0.352. The summed E-state index contributed by atoms with van der Waals surface area (Å²) >= 11 is 0. The topological polar surface area (TPSA) is 71.1 Å². The SMILES string of the molecule is CC1(C)OC(=O)C=C(CCCCc2cccc(CCCCC3=CC(=O)OC(C)(C)O3)c2)O1. The largest absolute Gasteiger partial charge is 0.457 e. The first kappa shape index (κ1) is 23.9. The summed E-state index contributed by atoms with van der Waals surface area (Å²) in [5.41, 5.74) is 2.65. The van der Waals surface area contributed by atoms with Gasteiger partial charge in [0.25, 0.3) is 0 Å². The van der Waals surface area contributed by atoms with E-state index in [0.717, 1.165) is 51.4 Å². The van der Waals surface area contributed by atoms with E-state index < -0.39 is 11.6 Å². The lowest BCUT2D eigenvalue weighted by atomic mass is 10.0. The van der Waals surface area contributed by atoms with Crippen LogP contribution in [0, 0.1) is 0 Å². The minimum atomic E-state index is -0.880. The van der Waals surface area contributed by atoms with Gasteiger partial charge >= 0.3 is 11.9 Å². The Kier molecular flexibility index (Phi) is 7.64. The Morgan fingerprint density at radius 1 is 0.625 bits per heavy atom. The van der Waals surface area contributed by atoms with Gasteiger partial charge in [-0.2, -0.15) is 0 Å². The molecule has 2 heterocycles. The molecule has 2 aliphatic rings. The number of esters is 2. The van der Waals surface area contributed by atoms with E-state index in [-0.39, 0.29) is 11.9 Å². The molecule has 0 saturated carbocycles. The van der Waals surface area contributed by atoms with E-state index in [9.17, 15) is 9.59 Å². The maximum atomic E-state index is 11.6. The Morgan fingerprint density at radius 2 is 1.03 bits per heavy atom. The number of carbonyl (C=O) groups is 2. The van der Waals surface area contributed by atoms with Crippen molar-refractivity contribution in [2.24, 2.45) is 0 Å². The fourth-order valence-electron chi connectivity index (χ4n) is 3.98. The molecule has 0 spiro atoms. The molecule has 0 amide bonds. The summed E-state index contributed by atoms with van der Waals surface area (Å²) in [6.45, 7) is 6.99. The van der Waals surface area contributed by atoms with Gasteiger partial charge in [0, 0.05) is 40.5 Å². The summed E-state index contributed by atoms with van der Waals surface area (Å²) in [6, 6.07) is 8.71. The minimum Gasteiger partial charge on any atom is -0.457 e. The van der Waals surface area contributed by atoms with E-state index in [4.69, 9.17) is 18.9 Å². The lowest BCUT2D eigenvalue weighted by molar-refractivity contribution is -0.207. The number of aryl methyl sites for hydroxylation is 2. The van der Waals surface area contributed by atoms with Crippen LogP contribution in [0.5, 0.6) is 0 Å². The van der Waals surface area contributed by atoms with Crippen molar-refractivity contribution in [2.45, 2.75) is 90.6 Å². The van der Waals surface area contributed by atoms with Gasteiger partial charge in [-0.1, -0.05) is 24.3 Å². The van der Waals surface area contributed by atoms with Crippen LogP contribution in [0.15, 0.2) is 47.9 Å². The lowest BCUT2D eigenvalue weighted by Crippen LogP contribution is -2.34. The fraction of sp³-hybridized carbons (Fsp3) is 0.538. The van der Waals surface area contributed by atoms with Crippen molar-refractivity contribution in [3.05, 3.63) is 59.1 Å². The number of allylic oxidation sites excluding steroid dienone is 2. The highest BCUT2D eigenvalue weighted by molar-refractivity contribution is 5.83. The Balaban J connectivity index is 1.37. The molecule has 0 unspecified atom stereocenters. The number of hydrogen-bond acceptors (Lipinski definition) is 6. The van der Waals surface area contributed by atoms with Crippen LogP contribution in [0.1, 0.15) is 77.3 Å². The second kappa shape index (κ2) is 10.2. The van der Waals surface area contributed by atoms with Gasteiger partial charge in [0.2, 0.25) is 11.6 Å². The Morgan fingerprint density at radius 3 is 1.44 bits per heavy atom. The highest BCUT2D eigenvalue weighted by Gasteiger charge is 2.30. The van der Waals surface area contributed by atoms with E-state index in [0.29, 0.717) is 11.5 Å². The summed E-state index contributed by atoms with van der Waals surface area (Å²) in [5.74, 6) is -1.02. The summed E-state index contributed by atoms with van der Waals surface area (Å²) in [4.78, 5) is 23.2. The third kappa shape index (κ3) is 7.74. The van der Waals surface area contributed by atoms with Crippen LogP contribution in [0.4, 0.5) is 0 Å². The van der Waals surface area contributed by atoms with Crippen LogP contribution in [-0.4, -0.2) is 23.5 Å². The molecule has 0 N–H and O–H groups in total. The van der Waals surface area contributed by atoms with Gasteiger partial charge in [-0.15, -0.1) is 0 Å². The van der Waals surface area contributed by atoms with Crippen LogP contribution in [0.3, 0.4) is 0 Å². The molecule has 1 aromatic rings. The number of cyclic esters (lactones) is 2. The Hall–Kier alpha value is -2.76. The van der Waals surface area contributed by atoms with E-state index in [1.807, 2.05) is 0 Å². The molecule has 32 heavy (non-hydrogen) atoms. The zero-order valence-electron chi connectivity index (χ0n) is 19.6. The van der Waals surface area contributed by atoms with Crippen LogP contribution in [0.2, 0.25) is 0 Å². The maximum Gasteiger partial charge on any atom is 0.337 e. The number of unbranched alkanes of at least 4 members (excludes halogenated alkanes) is 2. The van der Waals surface area contributed by atoms with Crippen LogP contribution in [-0.2, 0) is 41.4 Å². The molecule has 0 aliphatic carbocycles. The van der Waals surface area contributed by atoms with Crippen molar-refractivity contribution >= 4 is 11.9 Å². The predicted molar refractivity (Wildman–Crippen MR) is 120 cm³/mol. The van der Waals surface area contributed by atoms with Crippen LogP contribution < -0.4 is 0 Å². The zero-order chi connectivity index (χ0) is 23.2. The molecule has 0 atom stereocenters. The van der Waals surface area contributed by atoms with Gasteiger partial charge in [-0.3, -0.25) is 0 Å². The van der Waals surface area contributed by atoms with Crippen molar-refractivity contribution < 1.29 is 28.5 Å². The highest BCUT2D eigenvalue weighted by Crippen LogP contribution is 2.26. The highest BCUT2D eigenvalue weighted by atomic mass is 16.7. The molecule has 1 aromatic carbocycles. The molecule has 2 aliphatic heterocycles. The first-order valence-electron chi connectivity index (χ1n) is 11.4. The molecule has 174 valence electrons. The minimum absolute atomic E-state index is 0.334. The number of hydrogen-bond donors (Lipinski definition) is 0. The first-order chi connectivity index (χ1) is 15.1. The fourth-order valence-corrected chi connectivity index (χ4v) is 3.98. The van der Waals surface area contributed by atoms with Crippen molar-refractivity contribution in [3.63, 3.8) is 0 Å². The van der Waals surface area contributed by atoms with E-state index in [1.54, 1.807) is 27.7 Å². The summed E-state index contributed by atoms with van der Waals surface area (Å²) in [5, 5.41) is 0. The van der Waals surface area contributed by atoms with E-state index >= 15 is 0 Å². The molecular formula is C26H34O6. The molecule has 0 aromatic heterocycles. The summed E-state index contributed by atoms with van der Waals surface area (Å²) in [7, 11) is 0. The average Bonchev–Trinajstić information content (AvgIpc) is 2.66. The first-order valence-corrected chi connectivity index (χ1v) is 11.4. The normalized spacial score (nSPS) is 19.1. The number of carbonyl (C=O) groups excluding carboxylic acids is 2. The molecule has 6 heteroatoms. The van der Waals surface area contributed by atoms with Crippen molar-refractivity contribution in [1.82, 2.24) is 0 Å². The summed E-state index contributed by atoms with van der Waals surface area (Å²) < 4.78 is 21.6. The molecule has 0 saturated heterocycles. The lowest BCUT2D eigenvalue weighted by Gasteiger charge is -2.30. The number of rotatable bonds is 10. The van der Waals surface area contributed by atoms with Crippen LogP contribution in [0.25, 0.3) is 0 Å². The zero-order valence-corrected chi connectivity index (χ0v) is 19.6. The van der Waals surface area contributed by atoms with E-state index in [1.165, 1.54) is 23.3 Å². The molecule has 0 bridgehead atoms. The third-order valence-electron chi connectivity index (χ3n) is 5.27. The van der Waals surface area contributed by atoms with Gasteiger partial charge in [-0.05, 0) is 49.7 Å². The van der Waals surface area contributed by atoms with E-state index in [2.05, 4.69) is 24.3 Å². The van der Waals surface area contributed by atoms with Gasteiger partial charge in [-0.25, -0.2) is 9.59 Å². The standard InChI is InChI=1S/C26H34O6/c1-25(2)29-21(17-23(27)31-25)14-7-5-10-19-12-9-13-20(16-19)11-6-8-15-22-18-24(28)32-26(3,4)30-22/h9,12-13,16-18H,5-8,10-11,14-15H2,1-4H3. The second-order valence-electron chi connectivity index (χ2n) is 9.30. The Labute approximate surface area is 190 Å². The van der Waals surface area contributed by atoms with Gasteiger partial charge in [0.05, 0.1) is 12.2 Å². The Bertz CT molecular complexity index is 824. The smallest absolute Gasteiger partial charge is 0.337 e. The molecule has 0 fully saturated rings. The maximum absolute atomic E-state index is 11.6. The van der Waals surface area contributed by atoms with Gasteiger partial charge in [0.1, 0.15) is 11.5 Å².